The van der Waals surface area contributed by atoms with E-state index in [-0.39, 0.29) is 12.8 Å². The molecule has 8 N–H and O–H groups in total. The summed E-state index contributed by atoms with van der Waals surface area (Å²) in [6.07, 6.45) is 31.1. The molecule has 0 aromatic carbocycles. The van der Waals surface area contributed by atoms with Crippen molar-refractivity contribution in [2.45, 2.75) is 262 Å². The number of unbranched alkanes of at least 4 members (excludes halogenated alkanes) is 24. The van der Waals surface area contributed by atoms with Crippen molar-refractivity contribution in [2.24, 2.45) is 0 Å². The van der Waals surface area contributed by atoms with Gasteiger partial charge in [-0.1, -0.05) is 173 Å². The van der Waals surface area contributed by atoms with Crippen molar-refractivity contribution in [1.82, 2.24) is 5.32 Å². The normalized spacial score (nSPS) is 21.9. The number of carbonyl (C=O) groups excluding carboxylic acids is 1. The van der Waals surface area contributed by atoms with Crippen molar-refractivity contribution in [2.75, 3.05) is 13.2 Å². The first kappa shape index (κ1) is 55.6. The minimum absolute atomic E-state index is 0.239. The van der Waals surface area contributed by atoms with Gasteiger partial charge in [-0.3, -0.25) is 4.79 Å². The average Bonchev–Trinajstić information content (AvgIpc) is 3.23. The van der Waals surface area contributed by atoms with Gasteiger partial charge < -0.3 is 50.5 Å². The Morgan fingerprint density at radius 3 is 1.51 bits per heavy atom. The molecule has 0 radical (unpaired) electrons. The maximum atomic E-state index is 13.0. The standard InChI is InChI=1S/C48H91NO10/c1-3-5-7-9-11-13-15-16-17-18-19-20-21-22-23-24-25-26-28-29-31-33-35-40(51)43(53)39(38-58-48-46(56)45(55)44(54)42(37-50)59-48)49-47(57)41(52)36-34-32-30-27-14-12-10-8-6-4-2/h10,12,28-29,39-46,48,50-56H,3-9,11,13-27,30-38H2,1-2H3,(H,49,57)/b12-10-,29-28+. The summed E-state index contributed by atoms with van der Waals surface area (Å²) in [4.78, 5) is 13.0. The zero-order valence-corrected chi connectivity index (χ0v) is 37.5. The summed E-state index contributed by atoms with van der Waals surface area (Å²) < 4.78 is 11.1. The molecule has 0 aromatic heterocycles. The lowest BCUT2D eigenvalue weighted by molar-refractivity contribution is -0.303. The molecule has 1 rings (SSSR count). The van der Waals surface area contributed by atoms with E-state index in [0.29, 0.717) is 12.8 Å². The molecule has 11 nitrogen and oxygen atoms in total. The topological polar surface area (TPSA) is 189 Å². The van der Waals surface area contributed by atoms with Crippen LogP contribution in [0.2, 0.25) is 0 Å². The van der Waals surface area contributed by atoms with E-state index < -0.39 is 74.2 Å². The molecule has 1 aliphatic heterocycles. The molecule has 1 heterocycles. The van der Waals surface area contributed by atoms with Crippen LogP contribution < -0.4 is 5.32 Å². The number of rotatable bonds is 40. The van der Waals surface area contributed by atoms with Crippen LogP contribution in [-0.4, -0.2) is 110 Å². The zero-order chi connectivity index (χ0) is 43.4. The van der Waals surface area contributed by atoms with Crippen LogP contribution in [0.25, 0.3) is 0 Å². The Balaban J connectivity index is 2.39. The first-order chi connectivity index (χ1) is 28.7. The molecule has 1 saturated heterocycles. The Bertz CT molecular complexity index is 1010. The lowest BCUT2D eigenvalue weighted by atomic mass is 9.98. The van der Waals surface area contributed by atoms with Gasteiger partial charge in [-0.25, -0.2) is 0 Å². The third-order valence-corrected chi connectivity index (χ3v) is 11.7. The highest BCUT2D eigenvalue weighted by molar-refractivity contribution is 5.80. The molecule has 0 bridgehead atoms. The van der Waals surface area contributed by atoms with Crippen LogP contribution in [-0.2, 0) is 14.3 Å². The molecule has 0 saturated carbocycles. The summed E-state index contributed by atoms with van der Waals surface area (Å²) >= 11 is 0. The monoisotopic (exact) mass is 842 g/mol. The third-order valence-electron chi connectivity index (χ3n) is 11.7. The van der Waals surface area contributed by atoms with Gasteiger partial charge in [-0.15, -0.1) is 0 Å². The Labute approximate surface area is 359 Å². The maximum absolute atomic E-state index is 13.0. The van der Waals surface area contributed by atoms with Crippen molar-refractivity contribution in [3.8, 4) is 0 Å². The van der Waals surface area contributed by atoms with E-state index in [9.17, 15) is 40.5 Å². The van der Waals surface area contributed by atoms with E-state index >= 15 is 0 Å². The lowest BCUT2D eigenvalue weighted by Crippen LogP contribution is -2.60. The molecule has 1 amide bonds. The Hall–Kier alpha value is -1.41. The van der Waals surface area contributed by atoms with Crippen LogP contribution >= 0.6 is 0 Å². The number of aliphatic hydroxyl groups excluding tert-OH is 7. The molecule has 9 unspecified atom stereocenters. The van der Waals surface area contributed by atoms with Crippen molar-refractivity contribution >= 4 is 5.91 Å². The molecule has 0 aromatic rings. The van der Waals surface area contributed by atoms with Gasteiger partial charge in [0.25, 0.3) is 0 Å². The number of ether oxygens (including phenoxy) is 2. The summed E-state index contributed by atoms with van der Waals surface area (Å²) in [6, 6.07) is -1.19. The highest BCUT2D eigenvalue weighted by Crippen LogP contribution is 2.23. The first-order valence-electron chi connectivity index (χ1n) is 24.2. The SMILES string of the molecule is CCCC/C=C\CCCCCCC(O)C(=O)NC(COC1OC(CO)C(O)C(O)C1O)C(O)C(O)CCC/C=C/CCCCCCCCCCCCCCCCCCC. The van der Waals surface area contributed by atoms with Crippen LogP contribution in [0, 0.1) is 0 Å². The van der Waals surface area contributed by atoms with Gasteiger partial charge >= 0.3 is 0 Å². The van der Waals surface area contributed by atoms with Gasteiger partial charge in [-0.05, 0) is 57.8 Å². The molecule has 1 fully saturated rings. The summed E-state index contributed by atoms with van der Waals surface area (Å²) in [7, 11) is 0. The highest BCUT2D eigenvalue weighted by Gasteiger charge is 2.44. The van der Waals surface area contributed by atoms with E-state index in [1.165, 1.54) is 116 Å². The second-order valence-electron chi connectivity index (χ2n) is 17.2. The van der Waals surface area contributed by atoms with Crippen LogP contribution in [0.1, 0.15) is 206 Å². The third kappa shape index (κ3) is 28.0. The second-order valence-corrected chi connectivity index (χ2v) is 17.2. The first-order valence-corrected chi connectivity index (χ1v) is 24.2. The predicted octanol–water partition coefficient (Wildman–Crippen LogP) is 8.23. The number of hydrogen-bond acceptors (Lipinski definition) is 10. The van der Waals surface area contributed by atoms with Crippen molar-refractivity contribution in [3.05, 3.63) is 24.3 Å². The number of amides is 1. The molecular weight excluding hydrogens is 751 g/mol. The number of hydrogen-bond donors (Lipinski definition) is 8. The fraction of sp³-hybridized carbons (Fsp3) is 0.896. The van der Waals surface area contributed by atoms with E-state index in [0.717, 1.165) is 51.4 Å². The molecule has 59 heavy (non-hydrogen) atoms. The fourth-order valence-corrected chi connectivity index (χ4v) is 7.66. The Morgan fingerprint density at radius 2 is 1.02 bits per heavy atom. The van der Waals surface area contributed by atoms with E-state index in [2.05, 4.69) is 43.5 Å². The lowest BCUT2D eigenvalue weighted by Gasteiger charge is -2.40. The Kier molecular flexibility index (Phi) is 36.1. The minimum atomic E-state index is -1.67. The second kappa shape index (κ2) is 38.3. The van der Waals surface area contributed by atoms with Gasteiger partial charge in [0.2, 0.25) is 5.91 Å². The summed E-state index contributed by atoms with van der Waals surface area (Å²) in [5.74, 6) is -0.718. The van der Waals surface area contributed by atoms with Crippen LogP contribution in [0.15, 0.2) is 24.3 Å². The average molecular weight is 842 g/mol. The zero-order valence-electron chi connectivity index (χ0n) is 37.5. The number of nitrogens with one attached hydrogen (secondary N) is 1. The number of aliphatic hydroxyl groups is 7. The fourth-order valence-electron chi connectivity index (χ4n) is 7.66. The van der Waals surface area contributed by atoms with E-state index in [4.69, 9.17) is 9.47 Å². The van der Waals surface area contributed by atoms with E-state index in [1.807, 2.05) is 0 Å². The van der Waals surface area contributed by atoms with Crippen molar-refractivity contribution in [3.63, 3.8) is 0 Å². The van der Waals surface area contributed by atoms with Gasteiger partial charge in [0.1, 0.15) is 36.6 Å². The van der Waals surface area contributed by atoms with Crippen LogP contribution in [0.5, 0.6) is 0 Å². The largest absolute Gasteiger partial charge is 0.394 e. The minimum Gasteiger partial charge on any atom is -0.394 e. The van der Waals surface area contributed by atoms with Crippen molar-refractivity contribution < 1.29 is 50.0 Å². The molecule has 0 spiro atoms. The molecule has 1 aliphatic rings. The van der Waals surface area contributed by atoms with Crippen molar-refractivity contribution in [1.29, 1.82) is 0 Å². The highest BCUT2D eigenvalue weighted by atomic mass is 16.7. The summed E-state index contributed by atoms with van der Waals surface area (Å²) in [5, 5.41) is 75.5. The summed E-state index contributed by atoms with van der Waals surface area (Å²) in [6.45, 7) is 3.37. The van der Waals surface area contributed by atoms with Gasteiger partial charge in [0.15, 0.2) is 6.29 Å². The number of allylic oxidation sites excluding steroid dienone is 4. The molecule has 0 aliphatic carbocycles. The number of carbonyl (C=O) groups is 1. The smallest absolute Gasteiger partial charge is 0.249 e. The molecule has 11 heteroatoms. The Morgan fingerprint density at radius 1 is 0.576 bits per heavy atom. The maximum Gasteiger partial charge on any atom is 0.249 e. The molecule has 348 valence electrons. The van der Waals surface area contributed by atoms with E-state index in [1.54, 1.807) is 0 Å². The van der Waals surface area contributed by atoms with Crippen LogP contribution in [0.3, 0.4) is 0 Å². The van der Waals surface area contributed by atoms with Gasteiger partial charge in [-0.2, -0.15) is 0 Å². The van der Waals surface area contributed by atoms with Gasteiger partial charge in [0.05, 0.1) is 25.4 Å². The molecular formula is C48H91NO10. The summed E-state index contributed by atoms with van der Waals surface area (Å²) in [5.41, 5.74) is 0. The molecule has 9 atom stereocenters. The van der Waals surface area contributed by atoms with Crippen LogP contribution in [0.4, 0.5) is 0 Å². The quantitative estimate of drug-likeness (QED) is 0.0221. The van der Waals surface area contributed by atoms with Gasteiger partial charge in [0, 0.05) is 0 Å². The predicted molar refractivity (Wildman–Crippen MR) is 238 cm³/mol.